The Kier molecular flexibility index (Phi) is 5.52. The van der Waals surface area contributed by atoms with E-state index in [1.54, 1.807) is 23.5 Å². The van der Waals surface area contributed by atoms with E-state index in [0.717, 1.165) is 31.4 Å². The Morgan fingerprint density at radius 2 is 1.97 bits per heavy atom. The molecule has 5 rings (SSSR count). The number of fused-ring (bicyclic) bond motifs is 1. The number of hydrogen-bond acceptors (Lipinski definition) is 7. The van der Waals surface area contributed by atoms with Crippen molar-refractivity contribution in [2.45, 2.75) is 25.2 Å². The Morgan fingerprint density at radius 1 is 1.13 bits per heavy atom. The van der Waals surface area contributed by atoms with Crippen LogP contribution < -0.4 is 5.32 Å². The Hall–Kier alpha value is -3.04. The van der Waals surface area contributed by atoms with E-state index in [0.29, 0.717) is 16.7 Å². The fourth-order valence-corrected chi connectivity index (χ4v) is 5.56. The topological polar surface area (TPSA) is 88.3 Å². The molecule has 0 unspecified atom stereocenters. The normalized spacial score (nSPS) is 14.8. The smallest absolute Gasteiger partial charge is 0.293 e. The molecule has 9 heteroatoms. The number of likely N-dealkylation sites (tertiary alicyclic amines) is 1. The SMILES string of the molecule is O=C(Nc1nc(CC(=O)N2CCC(c3nc4ccccc4s3)CC2)cs1)c1ccco1. The molecule has 0 saturated carbocycles. The van der Waals surface area contributed by atoms with E-state index in [2.05, 4.69) is 16.4 Å². The maximum absolute atomic E-state index is 12.7. The molecule has 0 atom stereocenters. The summed E-state index contributed by atoms with van der Waals surface area (Å²) in [6.45, 7) is 1.46. The van der Waals surface area contributed by atoms with Crippen LogP contribution in [0.5, 0.6) is 0 Å². The number of carbonyl (C=O) groups is 2. The molecule has 0 spiro atoms. The van der Waals surface area contributed by atoms with Crippen LogP contribution in [-0.2, 0) is 11.2 Å². The lowest BCUT2D eigenvalue weighted by Crippen LogP contribution is -2.38. The first-order valence-electron chi connectivity index (χ1n) is 10.1. The molecule has 1 saturated heterocycles. The summed E-state index contributed by atoms with van der Waals surface area (Å²) < 4.78 is 6.29. The van der Waals surface area contributed by atoms with Crippen LogP contribution in [0.15, 0.2) is 52.5 Å². The monoisotopic (exact) mass is 452 g/mol. The van der Waals surface area contributed by atoms with Gasteiger partial charge in [0.05, 0.1) is 33.6 Å². The second kappa shape index (κ2) is 8.60. The second-order valence-electron chi connectivity index (χ2n) is 7.43. The zero-order valence-electron chi connectivity index (χ0n) is 16.6. The molecule has 1 N–H and O–H groups in total. The van der Waals surface area contributed by atoms with Crippen molar-refractivity contribution in [2.75, 3.05) is 18.4 Å². The van der Waals surface area contributed by atoms with Gasteiger partial charge in [-0.05, 0) is 37.1 Å². The fourth-order valence-electron chi connectivity index (χ4n) is 3.72. The first-order chi connectivity index (χ1) is 15.2. The molecule has 1 aromatic carbocycles. The quantitative estimate of drug-likeness (QED) is 0.480. The van der Waals surface area contributed by atoms with Gasteiger partial charge in [-0.25, -0.2) is 9.97 Å². The van der Waals surface area contributed by atoms with Crippen LogP contribution in [0.4, 0.5) is 5.13 Å². The molecule has 1 aliphatic rings. The number of amides is 2. The van der Waals surface area contributed by atoms with Gasteiger partial charge < -0.3 is 9.32 Å². The van der Waals surface area contributed by atoms with Gasteiger partial charge in [-0.1, -0.05) is 12.1 Å². The molecule has 0 radical (unpaired) electrons. The summed E-state index contributed by atoms with van der Waals surface area (Å²) in [5, 5.41) is 6.13. The Labute approximate surface area is 186 Å². The average molecular weight is 453 g/mol. The Balaban J connectivity index is 1.15. The van der Waals surface area contributed by atoms with Crippen LogP contribution in [0.25, 0.3) is 10.2 Å². The predicted molar refractivity (Wildman–Crippen MR) is 121 cm³/mol. The number of thiazole rings is 2. The van der Waals surface area contributed by atoms with Crippen molar-refractivity contribution < 1.29 is 14.0 Å². The van der Waals surface area contributed by atoms with Crippen molar-refractivity contribution in [3.05, 3.63) is 64.5 Å². The van der Waals surface area contributed by atoms with E-state index in [1.165, 1.54) is 27.3 Å². The van der Waals surface area contributed by atoms with Gasteiger partial charge in [-0.2, -0.15) is 0 Å². The minimum Gasteiger partial charge on any atom is -0.459 e. The molecule has 31 heavy (non-hydrogen) atoms. The van der Waals surface area contributed by atoms with E-state index < -0.39 is 0 Å². The van der Waals surface area contributed by atoms with Gasteiger partial charge in [0.15, 0.2) is 10.9 Å². The van der Waals surface area contributed by atoms with Crippen molar-refractivity contribution in [1.82, 2.24) is 14.9 Å². The van der Waals surface area contributed by atoms with Gasteiger partial charge in [0.25, 0.3) is 5.91 Å². The lowest BCUT2D eigenvalue weighted by molar-refractivity contribution is -0.131. The van der Waals surface area contributed by atoms with E-state index in [-0.39, 0.29) is 24.0 Å². The number of nitrogens with zero attached hydrogens (tertiary/aromatic N) is 3. The van der Waals surface area contributed by atoms with Crippen LogP contribution in [-0.4, -0.2) is 39.8 Å². The molecule has 1 fully saturated rings. The standard InChI is InChI=1S/C22H20N4O3S2/c27-19(12-15-13-30-22(23-15)25-20(28)17-5-3-11-29-17)26-9-7-14(8-10-26)21-24-16-4-1-2-6-18(16)31-21/h1-6,11,13-14H,7-10,12H2,(H,23,25,28). The summed E-state index contributed by atoms with van der Waals surface area (Å²) >= 11 is 3.06. The molecule has 158 valence electrons. The molecule has 0 bridgehead atoms. The van der Waals surface area contributed by atoms with Crippen molar-refractivity contribution in [1.29, 1.82) is 0 Å². The molecule has 0 aliphatic carbocycles. The first-order valence-corrected chi connectivity index (χ1v) is 11.8. The van der Waals surface area contributed by atoms with E-state index in [9.17, 15) is 9.59 Å². The van der Waals surface area contributed by atoms with Crippen molar-refractivity contribution in [2.24, 2.45) is 0 Å². The van der Waals surface area contributed by atoms with Crippen molar-refractivity contribution in [3.63, 3.8) is 0 Å². The molecule has 2 amide bonds. The van der Waals surface area contributed by atoms with Crippen LogP contribution in [0.3, 0.4) is 0 Å². The van der Waals surface area contributed by atoms with Gasteiger partial charge in [0.2, 0.25) is 5.91 Å². The summed E-state index contributed by atoms with van der Waals surface area (Å²) in [4.78, 5) is 35.8. The number of piperidine rings is 1. The number of aromatic nitrogens is 2. The van der Waals surface area contributed by atoms with E-state index in [4.69, 9.17) is 9.40 Å². The summed E-state index contributed by atoms with van der Waals surface area (Å²) in [5.41, 5.74) is 1.72. The van der Waals surface area contributed by atoms with Gasteiger partial charge in [-0.15, -0.1) is 22.7 Å². The minimum absolute atomic E-state index is 0.0666. The zero-order chi connectivity index (χ0) is 21.2. The zero-order valence-corrected chi connectivity index (χ0v) is 18.2. The number of anilines is 1. The highest BCUT2D eigenvalue weighted by Gasteiger charge is 2.26. The van der Waals surface area contributed by atoms with Gasteiger partial charge >= 0.3 is 0 Å². The summed E-state index contributed by atoms with van der Waals surface area (Å²) in [7, 11) is 0. The highest BCUT2D eigenvalue weighted by molar-refractivity contribution is 7.18. The number of carbonyl (C=O) groups excluding carboxylic acids is 2. The van der Waals surface area contributed by atoms with Crippen LogP contribution >= 0.6 is 22.7 Å². The fraction of sp³-hybridized carbons (Fsp3) is 0.273. The number of nitrogens with one attached hydrogen (secondary N) is 1. The molecule has 4 aromatic rings. The summed E-state index contributed by atoms with van der Waals surface area (Å²) in [6.07, 6.45) is 3.53. The minimum atomic E-state index is -0.353. The number of furan rings is 1. The average Bonchev–Trinajstić information content (AvgIpc) is 3.54. The molecule has 4 heterocycles. The summed E-state index contributed by atoms with van der Waals surface area (Å²) in [5.74, 6) is 0.346. The lowest BCUT2D eigenvalue weighted by Gasteiger charge is -2.31. The maximum atomic E-state index is 12.7. The molecular formula is C22H20N4O3S2. The van der Waals surface area contributed by atoms with Crippen LogP contribution in [0.1, 0.15) is 40.0 Å². The Bertz CT molecular complexity index is 1170. The number of benzene rings is 1. The first kappa shape index (κ1) is 19.9. The third-order valence-electron chi connectivity index (χ3n) is 5.36. The van der Waals surface area contributed by atoms with Gasteiger partial charge in [-0.3, -0.25) is 14.9 Å². The van der Waals surface area contributed by atoms with E-state index in [1.807, 2.05) is 28.5 Å². The second-order valence-corrected chi connectivity index (χ2v) is 9.35. The number of para-hydroxylation sites is 1. The third kappa shape index (κ3) is 4.38. The number of rotatable bonds is 5. The highest BCUT2D eigenvalue weighted by atomic mass is 32.1. The highest BCUT2D eigenvalue weighted by Crippen LogP contribution is 2.34. The van der Waals surface area contributed by atoms with Crippen molar-refractivity contribution in [3.8, 4) is 0 Å². The van der Waals surface area contributed by atoms with Gasteiger partial charge in [0.1, 0.15) is 0 Å². The van der Waals surface area contributed by atoms with Crippen LogP contribution in [0.2, 0.25) is 0 Å². The molecule has 7 nitrogen and oxygen atoms in total. The van der Waals surface area contributed by atoms with Crippen LogP contribution in [0, 0.1) is 0 Å². The number of hydrogen-bond donors (Lipinski definition) is 1. The molecule has 3 aromatic heterocycles. The maximum Gasteiger partial charge on any atom is 0.293 e. The Morgan fingerprint density at radius 3 is 2.74 bits per heavy atom. The predicted octanol–water partition coefficient (Wildman–Crippen LogP) is 4.55. The third-order valence-corrected chi connectivity index (χ3v) is 7.36. The largest absolute Gasteiger partial charge is 0.459 e. The molecule has 1 aliphatic heterocycles. The van der Waals surface area contributed by atoms with E-state index >= 15 is 0 Å². The van der Waals surface area contributed by atoms with Gasteiger partial charge in [0, 0.05) is 24.4 Å². The molecular weight excluding hydrogens is 432 g/mol. The van der Waals surface area contributed by atoms with Crippen molar-refractivity contribution >= 4 is 49.8 Å². The summed E-state index contributed by atoms with van der Waals surface area (Å²) in [6, 6.07) is 11.4. The lowest BCUT2D eigenvalue weighted by atomic mass is 9.97.